The summed E-state index contributed by atoms with van der Waals surface area (Å²) in [5, 5.41) is 11.7. The van der Waals surface area contributed by atoms with Crippen LogP contribution in [0.4, 0.5) is 10.1 Å². The van der Waals surface area contributed by atoms with Crippen molar-refractivity contribution in [3.05, 3.63) is 76.3 Å². The van der Waals surface area contributed by atoms with Crippen LogP contribution in [0.3, 0.4) is 0 Å². The lowest BCUT2D eigenvalue weighted by molar-refractivity contribution is 0.120. The molecule has 4 aromatic rings. The number of imidazole rings is 1. The van der Waals surface area contributed by atoms with Gasteiger partial charge in [0.15, 0.2) is 0 Å². The fourth-order valence-electron chi connectivity index (χ4n) is 5.61. The molecule has 0 spiro atoms. The van der Waals surface area contributed by atoms with E-state index < -0.39 is 5.82 Å². The highest BCUT2D eigenvalue weighted by atomic mass is 35.5. The Kier molecular flexibility index (Phi) is 7.02. The summed E-state index contributed by atoms with van der Waals surface area (Å²) in [6, 6.07) is 10.2. The Morgan fingerprint density at radius 3 is 2.33 bits per heavy atom. The average molecular weight is 564 g/mol. The Morgan fingerprint density at radius 1 is 1.00 bits per heavy atom. The topological polar surface area (TPSA) is 75.8 Å². The lowest BCUT2D eigenvalue weighted by Gasteiger charge is -2.43. The molecule has 0 bridgehead atoms. The molecule has 3 heterocycles. The van der Waals surface area contributed by atoms with Gasteiger partial charge in [-0.25, -0.2) is 14.2 Å². The molecule has 0 atom stereocenters. The number of rotatable bonds is 6. The first-order valence-corrected chi connectivity index (χ1v) is 13.8. The molecule has 1 aliphatic heterocycles. The Bertz CT molecular complexity index is 1620. The number of halogens is 2. The van der Waals surface area contributed by atoms with Crippen molar-refractivity contribution in [2.24, 2.45) is 7.05 Å². The highest BCUT2D eigenvalue weighted by Crippen LogP contribution is 2.42. The highest BCUT2D eigenvalue weighted by Gasteiger charge is 2.29. The minimum absolute atomic E-state index is 0.0881. The number of phenols is 1. The van der Waals surface area contributed by atoms with Gasteiger partial charge in [0.1, 0.15) is 17.3 Å². The molecule has 2 aromatic carbocycles. The van der Waals surface area contributed by atoms with Crippen LogP contribution in [0.25, 0.3) is 27.9 Å². The molecule has 1 aliphatic carbocycles. The Labute approximate surface area is 236 Å². The van der Waals surface area contributed by atoms with Crippen LogP contribution in [-0.2, 0) is 7.05 Å². The van der Waals surface area contributed by atoms with Crippen LogP contribution >= 0.6 is 11.6 Å². The molecule has 0 amide bonds. The van der Waals surface area contributed by atoms with Gasteiger partial charge in [-0.1, -0.05) is 24.1 Å². The number of anilines is 1. The number of pyridine rings is 1. The Hall–Kier alpha value is -3.82. The van der Waals surface area contributed by atoms with Crippen molar-refractivity contribution >= 4 is 17.3 Å². The van der Waals surface area contributed by atoms with Crippen molar-refractivity contribution in [3.63, 3.8) is 0 Å². The van der Waals surface area contributed by atoms with Crippen LogP contribution in [-0.4, -0.2) is 63.5 Å². The molecule has 208 valence electrons. The number of phenolic OH excluding ortho intramolecular Hbond substituents is 1. The van der Waals surface area contributed by atoms with E-state index in [-0.39, 0.29) is 17.0 Å². The number of hydrogen-bond donors (Lipinski definition) is 1. The van der Waals surface area contributed by atoms with E-state index in [2.05, 4.69) is 14.8 Å². The molecule has 2 aliphatic rings. The number of benzene rings is 2. The minimum Gasteiger partial charge on any atom is -0.507 e. The molecular formula is C30H31ClFN5O3. The molecule has 2 aromatic heterocycles. The first-order chi connectivity index (χ1) is 19.3. The second kappa shape index (κ2) is 10.6. The maximum atomic E-state index is 15.0. The SMILES string of the molecule is COc1ncc(-c2cc(F)cc(-c3ccc(-n4ccn(C)c4=O)c(Cl)c3)c2O)cc1N1CCN(C2CCC2)CC1. The lowest BCUT2D eigenvalue weighted by atomic mass is 9.91. The molecule has 0 unspecified atom stereocenters. The maximum Gasteiger partial charge on any atom is 0.332 e. The van der Waals surface area contributed by atoms with Crippen molar-refractivity contribution in [1.82, 2.24) is 19.0 Å². The van der Waals surface area contributed by atoms with Crippen LogP contribution in [0.15, 0.2) is 59.8 Å². The van der Waals surface area contributed by atoms with E-state index in [1.54, 1.807) is 50.9 Å². The number of aromatic hydroxyl groups is 1. The molecule has 6 rings (SSSR count). The molecule has 40 heavy (non-hydrogen) atoms. The lowest BCUT2D eigenvalue weighted by Crippen LogP contribution is -2.52. The van der Waals surface area contributed by atoms with Crippen molar-refractivity contribution in [1.29, 1.82) is 0 Å². The second-order valence-corrected chi connectivity index (χ2v) is 10.8. The maximum absolute atomic E-state index is 15.0. The number of methoxy groups -OCH3 is 1. The van der Waals surface area contributed by atoms with Crippen LogP contribution in [0, 0.1) is 5.82 Å². The minimum atomic E-state index is -0.506. The van der Waals surface area contributed by atoms with Gasteiger partial charge in [-0.05, 0) is 48.7 Å². The summed E-state index contributed by atoms with van der Waals surface area (Å²) in [6.45, 7) is 3.62. The normalized spacial score (nSPS) is 16.2. The molecule has 0 radical (unpaired) electrons. The zero-order valence-corrected chi connectivity index (χ0v) is 23.2. The standard InChI is InChI=1S/C30H31ClFN5O3/c1-34-8-13-37(30(34)39)26-7-6-19(14-25(26)31)23-16-21(32)17-24(28(23)38)20-15-27(29(40-2)33-18-20)36-11-9-35(10-12-36)22-4-3-5-22/h6-8,13-18,22,38H,3-5,9-12H2,1-2H3. The molecular weight excluding hydrogens is 533 g/mol. The summed E-state index contributed by atoms with van der Waals surface area (Å²) in [5.41, 5.74) is 2.78. The van der Waals surface area contributed by atoms with Crippen LogP contribution < -0.4 is 15.3 Å². The van der Waals surface area contributed by atoms with Crippen molar-refractivity contribution < 1.29 is 14.2 Å². The van der Waals surface area contributed by atoms with Gasteiger partial charge in [0, 0.05) is 74.5 Å². The summed E-state index contributed by atoms with van der Waals surface area (Å²) in [5.74, 6) is -0.0981. The second-order valence-electron chi connectivity index (χ2n) is 10.4. The number of nitrogens with zero attached hydrogens (tertiary/aromatic N) is 5. The summed E-state index contributed by atoms with van der Waals surface area (Å²) in [6.07, 6.45) is 8.72. The van der Waals surface area contributed by atoms with Crippen LogP contribution in [0.2, 0.25) is 5.02 Å². The van der Waals surface area contributed by atoms with Crippen LogP contribution in [0.1, 0.15) is 19.3 Å². The van der Waals surface area contributed by atoms with Gasteiger partial charge in [-0.3, -0.25) is 9.47 Å². The van der Waals surface area contributed by atoms with Gasteiger partial charge < -0.3 is 19.3 Å². The molecule has 10 heteroatoms. The highest BCUT2D eigenvalue weighted by molar-refractivity contribution is 6.32. The van der Waals surface area contributed by atoms with Crippen molar-refractivity contribution in [3.8, 4) is 39.6 Å². The molecule has 1 saturated heterocycles. The summed E-state index contributed by atoms with van der Waals surface area (Å²) in [4.78, 5) is 21.7. The average Bonchev–Trinajstić information content (AvgIpc) is 3.26. The number of aromatic nitrogens is 3. The fourth-order valence-corrected chi connectivity index (χ4v) is 5.88. The summed E-state index contributed by atoms with van der Waals surface area (Å²) >= 11 is 6.55. The third-order valence-corrected chi connectivity index (χ3v) is 8.43. The third kappa shape index (κ3) is 4.73. The van der Waals surface area contributed by atoms with E-state index in [4.69, 9.17) is 16.3 Å². The van der Waals surface area contributed by atoms with E-state index in [0.717, 1.165) is 31.9 Å². The van der Waals surface area contributed by atoms with Crippen molar-refractivity contribution in [2.45, 2.75) is 25.3 Å². The predicted octanol–water partition coefficient (Wildman–Crippen LogP) is 5.09. The molecule has 1 N–H and O–H groups in total. The van der Waals surface area contributed by atoms with Gasteiger partial charge in [-0.15, -0.1) is 0 Å². The monoisotopic (exact) mass is 563 g/mol. The van der Waals surface area contributed by atoms with Crippen LogP contribution in [0.5, 0.6) is 11.6 Å². The van der Waals surface area contributed by atoms with Gasteiger partial charge in [-0.2, -0.15) is 0 Å². The third-order valence-electron chi connectivity index (χ3n) is 8.12. The number of piperazine rings is 1. The largest absolute Gasteiger partial charge is 0.507 e. The van der Waals surface area contributed by atoms with E-state index >= 15 is 0 Å². The molecule has 8 nitrogen and oxygen atoms in total. The summed E-state index contributed by atoms with van der Waals surface area (Å²) < 4.78 is 23.4. The zero-order valence-electron chi connectivity index (χ0n) is 22.5. The number of aryl methyl sites for hydroxylation is 1. The van der Waals surface area contributed by atoms with E-state index in [9.17, 15) is 14.3 Å². The number of ether oxygens (including phenoxy) is 1. The first-order valence-electron chi connectivity index (χ1n) is 13.4. The van der Waals surface area contributed by atoms with Gasteiger partial charge in [0.25, 0.3) is 0 Å². The fraction of sp³-hybridized carbons (Fsp3) is 0.333. The zero-order chi connectivity index (χ0) is 28.0. The molecule has 1 saturated carbocycles. The Balaban J connectivity index is 1.34. The first kappa shape index (κ1) is 26.4. The summed E-state index contributed by atoms with van der Waals surface area (Å²) in [7, 11) is 3.24. The van der Waals surface area contributed by atoms with Crippen molar-refractivity contribution in [2.75, 3.05) is 38.2 Å². The van der Waals surface area contributed by atoms with Gasteiger partial charge in [0.05, 0.1) is 17.8 Å². The quantitative estimate of drug-likeness (QED) is 0.352. The van der Waals surface area contributed by atoms with Gasteiger partial charge >= 0.3 is 5.69 Å². The Morgan fingerprint density at radius 2 is 1.73 bits per heavy atom. The smallest absolute Gasteiger partial charge is 0.332 e. The predicted molar refractivity (Wildman–Crippen MR) is 154 cm³/mol. The van der Waals surface area contributed by atoms with E-state index in [1.165, 1.54) is 40.5 Å². The number of hydrogen-bond acceptors (Lipinski definition) is 6. The van der Waals surface area contributed by atoms with E-state index in [1.807, 2.05) is 6.07 Å². The van der Waals surface area contributed by atoms with Gasteiger partial charge in [0.2, 0.25) is 5.88 Å². The van der Waals surface area contributed by atoms with E-state index in [0.29, 0.717) is 39.3 Å². The molecule has 2 fully saturated rings.